The summed E-state index contributed by atoms with van der Waals surface area (Å²) in [6, 6.07) is 4.33. The Kier molecular flexibility index (Phi) is 5.24. The summed E-state index contributed by atoms with van der Waals surface area (Å²) in [5, 5.41) is 17.5. The number of methoxy groups -OCH3 is 2. The average Bonchev–Trinajstić information content (AvgIpc) is 2.89. The molecule has 0 aliphatic carbocycles. The van der Waals surface area contributed by atoms with Crippen LogP contribution in [0.25, 0.3) is 0 Å². The maximum absolute atomic E-state index is 12.2. The van der Waals surface area contributed by atoms with E-state index in [0.29, 0.717) is 27.9 Å². The second-order valence-electron chi connectivity index (χ2n) is 4.79. The molecule has 0 saturated heterocycles. The summed E-state index contributed by atoms with van der Waals surface area (Å²) in [5.41, 5.74) is 0.862. The van der Waals surface area contributed by atoms with Gasteiger partial charge >= 0.3 is 5.82 Å². The average molecular weight is 355 g/mol. The second-order valence-corrected chi connectivity index (χ2v) is 5.20. The number of aromatic nitrogens is 2. The van der Waals surface area contributed by atoms with E-state index in [9.17, 15) is 14.9 Å². The number of nitrogens with one attached hydrogen (secondary N) is 1. The van der Waals surface area contributed by atoms with Crippen molar-refractivity contribution in [1.82, 2.24) is 9.78 Å². The Hall–Kier alpha value is -2.81. The highest BCUT2D eigenvalue weighted by Crippen LogP contribution is 2.35. The van der Waals surface area contributed by atoms with Gasteiger partial charge in [0, 0.05) is 12.1 Å². The molecule has 1 heterocycles. The van der Waals surface area contributed by atoms with Gasteiger partial charge in [-0.25, -0.2) is 0 Å². The van der Waals surface area contributed by atoms with Crippen LogP contribution in [0.2, 0.25) is 5.02 Å². The number of halogens is 1. The number of aryl methyl sites for hydroxylation is 1. The second kappa shape index (κ2) is 7.18. The fraction of sp³-hybridized carbons (Fsp3) is 0.286. The van der Waals surface area contributed by atoms with Crippen molar-refractivity contribution < 1.29 is 19.2 Å². The van der Waals surface area contributed by atoms with Crippen LogP contribution < -0.4 is 14.8 Å². The topological polar surface area (TPSA) is 109 Å². The van der Waals surface area contributed by atoms with Crippen molar-refractivity contribution in [2.75, 3.05) is 19.5 Å². The van der Waals surface area contributed by atoms with Crippen LogP contribution in [0.1, 0.15) is 5.69 Å². The molecular weight excluding hydrogens is 340 g/mol. The zero-order valence-corrected chi connectivity index (χ0v) is 14.0. The lowest BCUT2D eigenvalue weighted by Gasteiger charge is -2.13. The molecule has 9 nitrogen and oxygen atoms in total. The number of carbonyl (C=O) groups is 1. The lowest BCUT2D eigenvalue weighted by atomic mass is 10.2. The van der Waals surface area contributed by atoms with Gasteiger partial charge in [-0.3, -0.25) is 4.79 Å². The van der Waals surface area contributed by atoms with E-state index in [1.54, 1.807) is 6.92 Å². The van der Waals surface area contributed by atoms with Crippen molar-refractivity contribution >= 4 is 29.0 Å². The van der Waals surface area contributed by atoms with E-state index in [1.807, 2.05) is 0 Å². The third-order valence-electron chi connectivity index (χ3n) is 3.20. The maximum Gasteiger partial charge on any atom is 0.390 e. The Labute approximate surface area is 142 Å². The van der Waals surface area contributed by atoms with Gasteiger partial charge in [0.15, 0.2) is 0 Å². The highest BCUT2D eigenvalue weighted by atomic mass is 35.5. The number of hydrogen-bond donors (Lipinski definition) is 1. The standard InChI is InChI=1S/C14H15ClN4O5/c1-8-4-13(19(21)22)17-18(8)7-14(20)16-10-6-11(23-2)9(15)5-12(10)24-3/h4-6H,7H2,1-3H3,(H,16,20). The fourth-order valence-corrected chi connectivity index (χ4v) is 2.26. The summed E-state index contributed by atoms with van der Waals surface area (Å²) >= 11 is 6.00. The van der Waals surface area contributed by atoms with Gasteiger partial charge in [-0.05, 0) is 11.8 Å². The number of benzene rings is 1. The van der Waals surface area contributed by atoms with E-state index >= 15 is 0 Å². The van der Waals surface area contributed by atoms with E-state index in [4.69, 9.17) is 21.1 Å². The van der Waals surface area contributed by atoms with Crippen LogP contribution in [0.4, 0.5) is 11.5 Å². The Bertz CT molecular complexity index is 790. The number of rotatable bonds is 6. The first kappa shape index (κ1) is 17.5. The van der Waals surface area contributed by atoms with E-state index < -0.39 is 10.8 Å². The largest absolute Gasteiger partial charge is 0.495 e. The predicted molar refractivity (Wildman–Crippen MR) is 86.8 cm³/mol. The molecule has 2 aromatic rings. The van der Waals surface area contributed by atoms with Crippen LogP contribution in [-0.4, -0.2) is 34.8 Å². The Morgan fingerprint density at radius 1 is 1.33 bits per heavy atom. The van der Waals surface area contributed by atoms with Crippen molar-refractivity contribution in [1.29, 1.82) is 0 Å². The van der Waals surface area contributed by atoms with Gasteiger partial charge in [-0.1, -0.05) is 11.6 Å². The minimum Gasteiger partial charge on any atom is -0.495 e. The normalized spacial score (nSPS) is 10.3. The molecule has 0 unspecified atom stereocenters. The number of anilines is 1. The Balaban J connectivity index is 2.19. The van der Waals surface area contributed by atoms with Gasteiger partial charge in [0.1, 0.15) is 18.0 Å². The van der Waals surface area contributed by atoms with E-state index in [0.717, 1.165) is 0 Å². The first-order chi connectivity index (χ1) is 11.3. The molecule has 0 saturated carbocycles. The number of ether oxygens (including phenoxy) is 2. The highest BCUT2D eigenvalue weighted by molar-refractivity contribution is 6.32. The van der Waals surface area contributed by atoms with Crippen LogP contribution in [0.5, 0.6) is 11.5 Å². The number of hydrogen-bond acceptors (Lipinski definition) is 6. The molecule has 0 fully saturated rings. The molecule has 24 heavy (non-hydrogen) atoms. The van der Waals surface area contributed by atoms with Gasteiger partial charge in [-0.15, -0.1) is 0 Å². The molecule has 1 aromatic carbocycles. The van der Waals surface area contributed by atoms with Crippen LogP contribution >= 0.6 is 11.6 Å². The minimum atomic E-state index is -0.617. The molecule has 2 rings (SSSR count). The Morgan fingerprint density at radius 2 is 2.00 bits per heavy atom. The molecule has 0 bridgehead atoms. The monoisotopic (exact) mass is 354 g/mol. The van der Waals surface area contributed by atoms with Crippen molar-refractivity contribution in [2.24, 2.45) is 0 Å². The summed E-state index contributed by atoms with van der Waals surface area (Å²) in [5.74, 6) is -0.0131. The third kappa shape index (κ3) is 3.74. The first-order valence-electron chi connectivity index (χ1n) is 6.76. The summed E-state index contributed by atoms with van der Waals surface area (Å²) in [6.45, 7) is 1.44. The summed E-state index contributed by atoms with van der Waals surface area (Å²) in [6.07, 6.45) is 0. The molecule has 1 N–H and O–H groups in total. The highest BCUT2D eigenvalue weighted by Gasteiger charge is 2.19. The molecule has 0 aliphatic heterocycles. The summed E-state index contributed by atoms with van der Waals surface area (Å²) in [4.78, 5) is 22.3. The van der Waals surface area contributed by atoms with E-state index in [2.05, 4.69) is 10.4 Å². The molecular formula is C14H15ClN4O5. The van der Waals surface area contributed by atoms with Crippen LogP contribution in [0.15, 0.2) is 18.2 Å². The molecule has 10 heteroatoms. The zero-order valence-electron chi connectivity index (χ0n) is 13.2. The van der Waals surface area contributed by atoms with Gasteiger partial charge in [-0.2, -0.15) is 4.68 Å². The SMILES string of the molecule is COc1cc(NC(=O)Cn2nc([N+](=O)[O-])cc2C)c(OC)cc1Cl. The maximum atomic E-state index is 12.2. The molecule has 1 amide bonds. The van der Waals surface area contributed by atoms with Gasteiger partial charge in [0.25, 0.3) is 0 Å². The Morgan fingerprint density at radius 3 is 2.54 bits per heavy atom. The molecule has 0 atom stereocenters. The van der Waals surface area contributed by atoms with Crippen LogP contribution in [0, 0.1) is 17.0 Å². The molecule has 0 aliphatic rings. The zero-order chi connectivity index (χ0) is 17.9. The third-order valence-corrected chi connectivity index (χ3v) is 3.49. The first-order valence-corrected chi connectivity index (χ1v) is 7.13. The van der Waals surface area contributed by atoms with Crippen LogP contribution in [0.3, 0.4) is 0 Å². The van der Waals surface area contributed by atoms with Gasteiger partial charge in [0.2, 0.25) is 5.91 Å². The number of amides is 1. The van der Waals surface area contributed by atoms with Crippen molar-refractivity contribution in [3.8, 4) is 11.5 Å². The quantitative estimate of drug-likeness (QED) is 0.630. The van der Waals surface area contributed by atoms with Crippen molar-refractivity contribution in [3.05, 3.63) is 39.0 Å². The lowest BCUT2D eigenvalue weighted by molar-refractivity contribution is -0.389. The van der Waals surface area contributed by atoms with Crippen molar-refractivity contribution in [3.63, 3.8) is 0 Å². The van der Waals surface area contributed by atoms with Crippen LogP contribution in [-0.2, 0) is 11.3 Å². The van der Waals surface area contributed by atoms with Gasteiger partial charge < -0.3 is 24.9 Å². The molecule has 128 valence electrons. The molecule has 0 radical (unpaired) electrons. The number of carbonyl (C=O) groups excluding carboxylic acids is 1. The smallest absolute Gasteiger partial charge is 0.390 e. The molecule has 0 spiro atoms. The van der Waals surface area contributed by atoms with Gasteiger partial charge in [0.05, 0.1) is 41.8 Å². The summed E-state index contributed by atoms with van der Waals surface area (Å²) < 4.78 is 11.5. The van der Waals surface area contributed by atoms with E-state index in [-0.39, 0.29) is 12.4 Å². The minimum absolute atomic E-state index is 0.187. The summed E-state index contributed by atoms with van der Waals surface area (Å²) in [7, 11) is 2.89. The number of nitrogens with zero attached hydrogens (tertiary/aromatic N) is 3. The van der Waals surface area contributed by atoms with E-state index in [1.165, 1.54) is 37.1 Å². The predicted octanol–water partition coefficient (Wildman–Crippen LogP) is 2.41. The molecule has 1 aromatic heterocycles. The van der Waals surface area contributed by atoms with Crippen molar-refractivity contribution in [2.45, 2.75) is 13.5 Å². The lowest BCUT2D eigenvalue weighted by Crippen LogP contribution is -2.20. The fourth-order valence-electron chi connectivity index (χ4n) is 2.03. The number of nitro groups is 1.